The van der Waals surface area contributed by atoms with Crippen molar-refractivity contribution in [1.82, 2.24) is 0 Å². The molecule has 0 saturated heterocycles. The smallest absolute Gasteiger partial charge is 0.252 e. The molecule has 0 aromatic heterocycles. The van der Waals surface area contributed by atoms with Crippen molar-refractivity contribution >= 4 is 138 Å². The molecule has 116 heavy (non-hydrogen) atoms. The topological polar surface area (TPSA) is 13.0 Å². The molecule has 22 rings (SSSR count). The minimum atomic E-state index is -0.267. The number of rotatable bonds is 15. The van der Waals surface area contributed by atoms with Gasteiger partial charge in [-0.3, -0.25) is 0 Å². The van der Waals surface area contributed by atoms with E-state index in [1.54, 1.807) is 0 Å². The second kappa shape index (κ2) is 29.2. The molecular formula is C108H72B2N4S2. The van der Waals surface area contributed by atoms with E-state index in [1.807, 2.05) is 23.5 Å². The van der Waals surface area contributed by atoms with Gasteiger partial charge in [-0.25, -0.2) is 0 Å². The van der Waals surface area contributed by atoms with Crippen LogP contribution in [0.1, 0.15) is 0 Å². The van der Waals surface area contributed by atoms with Gasteiger partial charge in [-0.15, -0.1) is 0 Å². The Balaban J connectivity index is 0.854. The van der Waals surface area contributed by atoms with Gasteiger partial charge >= 0.3 is 0 Å². The van der Waals surface area contributed by atoms with Crippen molar-refractivity contribution in [2.45, 2.75) is 19.6 Å². The fourth-order valence-electron chi connectivity index (χ4n) is 18.6. The zero-order valence-corrected chi connectivity index (χ0v) is 65.0. The van der Waals surface area contributed by atoms with Crippen molar-refractivity contribution in [3.8, 4) is 77.9 Å². The average molecular weight is 1510 g/mol. The lowest BCUT2D eigenvalue weighted by Crippen LogP contribution is -2.64. The first-order valence-electron chi connectivity index (χ1n) is 39.9. The summed E-state index contributed by atoms with van der Waals surface area (Å²) >= 11 is 3.84. The van der Waals surface area contributed by atoms with E-state index in [0.29, 0.717) is 0 Å². The monoisotopic (exact) mass is 1510 g/mol. The summed E-state index contributed by atoms with van der Waals surface area (Å²) in [7, 11) is 0. The summed E-state index contributed by atoms with van der Waals surface area (Å²) in [5.74, 6) is 0. The predicted molar refractivity (Wildman–Crippen MR) is 494 cm³/mol. The number of para-hydroxylation sites is 7. The predicted octanol–water partition coefficient (Wildman–Crippen LogP) is 25.8. The lowest BCUT2D eigenvalue weighted by atomic mass is 9.31. The summed E-state index contributed by atoms with van der Waals surface area (Å²) in [5, 5.41) is 0. The Hall–Kier alpha value is -14.0. The van der Waals surface area contributed by atoms with Gasteiger partial charge in [-0.05, 0) is 134 Å². The minimum absolute atomic E-state index is 0.104. The van der Waals surface area contributed by atoms with Gasteiger partial charge in [0, 0.05) is 98.3 Å². The van der Waals surface area contributed by atoms with Crippen LogP contribution in [-0.4, -0.2) is 13.4 Å². The summed E-state index contributed by atoms with van der Waals surface area (Å²) < 4.78 is 0. The van der Waals surface area contributed by atoms with Gasteiger partial charge in [0.05, 0.1) is 28.4 Å². The van der Waals surface area contributed by atoms with Crippen molar-refractivity contribution in [3.63, 3.8) is 0 Å². The highest BCUT2D eigenvalue weighted by Gasteiger charge is 2.48. The second-order valence-corrected chi connectivity index (χ2v) is 32.2. The molecule has 8 heteroatoms. The Kier molecular flexibility index (Phi) is 17.3. The third-order valence-corrected chi connectivity index (χ3v) is 25.8. The van der Waals surface area contributed by atoms with Crippen molar-refractivity contribution in [2.24, 2.45) is 0 Å². The summed E-state index contributed by atoms with van der Waals surface area (Å²) in [5.41, 5.74) is 36.6. The molecule has 542 valence electrons. The zero-order valence-electron chi connectivity index (χ0n) is 63.3. The van der Waals surface area contributed by atoms with Crippen LogP contribution >= 0.6 is 23.5 Å². The van der Waals surface area contributed by atoms with Crippen LogP contribution in [0.3, 0.4) is 0 Å². The first-order chi connectivity index (χ1) is 57.6. The quantitative estimate of drug-likeness (QED) is 0.0942. The SMILES string of the molecule is c1ccc(-c2ccccc2N2c3cc4c(cc3B3c5ccccc5N(c5c(-c6ccccc6)cccc5-c5ccccc5)c5cc(N(c6ccccc6)c6c(-c7ccccc7)cccc6-c6ccccc6)cc2c53)B2c3ccccc3Sc3cc(N(c5ccccc5)c5c(-c6ccccc6)cccc5-c5ccccc5)cc(c32)S4)cc1. The molecule has 0 spiro atoms. The minimum Gasteiger partial charge on any atom is -0.311 e. The first-order valence-corrected chi connectivity index (χ1v) is 41.5. The van der Waals surface area contributed by atoms with Gasteiger partial charge in [0.25, 0.3) is 6.71 Å². The fraction of sp³-hybridized carbons (Fsp3) is 0. The van der Waals surface area contributed by atoms with Crippen molar-refractivity contribution in [1.29, 1.82) is 0 Å². The number of hydrogen-bond acceptors (Lipinski definition) is 6. The molecule has 0 N–H and O–H groups in total. The Labute approximate surface area is 686 Å². The third-order valence-electron chi connectivity index (χ3n) is 23.5. The highest BCUT2D eigenvalue weighted by atomic mass is 32.2. The molecule has 0 atom stereocenters. The van der Waals surface area contributed by atoms with E-state index in [1.165, 1.54) is 52.4 Å². The van der Waals surface area contributed by atoms with Gasteiger partial charge in [0.1, 0.15) is 0 Å². The Morgan fingerprint density at radius 2 is 0.526 bits per heavy atom. The van der Waals surface area contributed by atoms with Gasteiger partial charge in [-0.1, -0.05) is 398 Å². The Bertz CT molecular complexity index is 6610. The summed E-state index contributed by atoms with van der Waals surface area (Å²) in [6, 6.07) is 163. The number of fused-ring (bicyclic) bond motifs is 8. The van der Waals surface area contributed by atoms with Crippen molar-refractivity contribution in [2.75, 3.05) is 19.6 Å². The molecule has 0 saturated carbocycles. The maximum absolute atomic E-state index is 2.68. The molecule has 0 bridgehead atoms. The van der Waals surface area contributed by atoms with Crippen LogP contribution in [0.25, 0.3) is 77.9 Å². The summed E-state index contributed by atoms with van der Waals surface area (Å²) in [4.78, 5) is 15.4. The van der Waals surface area contributed by atoms with E-state index in [2.05, 4.69) is 456 Å². The van der Waals surface area contributed by atoms with Crippen LogP contribution in [0.15, 0.2) is 456 Å². The van der Waals surface area contributed by atoms with Gasteiger partial charge in [0.2, 0.25) is 6.71 Å². The molecule has 18 aromatic carbocycles. The van der Waals surface area contributed by atoms with E-state index in [0.717, 1.165) is 146 Å². The Morgan fingerprint density at radius 3 is 0.991 bits per heavy atom. The molecule has 4 aliphatic heterocycles. The largest absolute Gasteiger partial charge is 0.311 e. The van der Waals surface area contributed by atoms with Crippen molar-refractivity contribution in [3.05, 3.63) is 437 Å². The molecule has 0 radical (unpaired) electrons. The fourth-order valence-corrected chi connectivity index (χ4v) is 21.1. The van der Waals surface area contributed by atoms with Gasteiger partial charge < -0.3 is 19.6 Å². The van der Waals surface area contributed by atoms with Gasteiger partial charge in [0.15, 0.2) is 0 Å². The molecular weight excluding hydrogens is 1440 g/mol. The number of anilines is 12. The van der Waals surface area contributed by atoms with Crippen molar-refractivity contribution < 1.29 is 0 Å². The lowest BCUT2D eigenvalue weighted by Gasteiger charge is -2.46. The molecule has 4 heterocycles. The summed E-state index contributed by atoms with van der Waals surface area (Å²) in [6.07, 6.45) is 0. The normalized spacial score (nSPS) is 12.5. The van der Waals surface area contributed by atoms with Crippen LogP contribution < -0.4 is 52.4 Å². The van der Waals surface area contributed by atoms with E-state index in [9.17, 15) is 0 Å². The third kappa shape index (κ3) is 11.7. The molecule has 4 nitrogen and oxygen atoms in total. The number of benzene rings is 18. The van der Waals surface area contributed by atoms with Crippen LogP contribution in [0.2, 0.25) is 0 Å². The molecule has 18 aromatic rings. The van der Waals surface area contributed by atoms with Crippen LogP contribution in [0.5, 0.6) is 0 Å². The summed E-state index contributed by atoms with van der Waals surface area (Å²) in [6.45, 7) is -0.371. The maximum atomic E-state index is 2.68. The van der Waals surface area contributed by atoms with Gasteiger partial charge in [-0.2, -0.15) is 0 Å². The highest BCUT2D eigenvalue weighted by molar-refractivity contribution is 8.01. The lowest BCUT2D eigenvalue weighted by molar-refractivity contribution is 1.22. The maximum Gasteiger partial charge on any atom is 0.252 e. The molecule has 4 aliphatic rings. The molecule has 0 fully saturated rings. The van der Waals surface area contributed by atoms with Crippen LogP contribution in [-0.2, 0) is 0 Å². The van der Waals surface area contributed by atoms with E-state index in [-0.39, 0.29) is 13.4 Å². The number of hydrogen-bond donors (Lipinski definition) is 0. The zero-order chi connectivity index (χ0) is 76.6. The van der Waals surface area contributed by atoms with E-state index in [4.69, 9.17) is 0 Å². The van der Waals surface area contributed by atoms with Crippen LogP contribution in [0.4, 0.5) is 68.2 Å². The molecule has 0 unspecified atom stereocenters. The number of nitrogens with zero attached hydrogens (tertiary/aromatic N) is 4. The first kappa shape index (κ1) is 68.8. The highest BCUT2D eigenvalue weighted by Crippen LogP contribution is 2.57. The second-order valence-electron chi connectivity index (χ2n) is 30.1. The standard InChI is InChI=1S/C108H72B2N4S2/c1-10-37-73(38-11-1)84-55-28-31-64-95(84)113-97-72-101-94(110-92-63-30-33-66-100(92)115-102-69-83(70-103(116-101)105(102)110)112(81-53-26-9-27-54-81)107-87(76-43-16-4-17-44-76)58-35-59-88(107)77-45-18-5-19-46-77)71-93(97)109-91-62-29-32-65-96(91)114(108-89(78-47-20-6-21-48-78)60-36-61-90(108)79-49-22-7-23-50-79)99-68-82(67-98(113)104(99)109)111(80-51-24-8-25-52-80)106-85(74-39-12-2-13-40-74)56-34-57-86(106)75-41-14-3-15-42-75/h1-72H. The molecule has 0 aliphatic carbocycles. The average Bonchev–Trinajstić information content (AvgIpc) is 0.684. The van der Waals surface area contributed by atoms with Crippen LogP contribution in [0, 0.1) is 0 Å². The van der Waals surface area contributed by atoms with E-state index < -0.39 is 0 Å². The molecule has 0 amide bonds. The van der Waals surface area contributed by atoms with E-state index >= 15 is 0 Å². The Morgan fingerprint density at radius 1 is 0.190 bits per heavy atom.